The monoisotopic (exact) mass is 247 g/mol. The summed E-state index contributed by atoms with van der Waals surface area (Å²) in [5, 5.41) is 4.00. The molecule has 0 bridgehead atoms. The highest BCUT2D eigenvalue weighted by Crippen LogP contribution is 2.37. The number of methoxy groups -OCH3 is 1. The maximum Gasteiger partial charge on any atom is 0.107 e. The minimum absolute atomic E-state index is 0.615. The molecule has 0 N–H and O–H groups in total. The van der Waals surface area contributed by atoms with Crippen molar-refractivity contribution in [1.29, 1.82) is 0 Å². The molecular formula is C9H13NOS3. The first-order valence-electron chi connectivity index (χ1n) is 4.52. The van der Waals surface area contributed by atoms with E-state index in [2.05, 4.69) is 10.4 Å². The molecule has 1 fully saturated rings. The number of hydrogen-bond donors (Lipinski definition) is 0. The van der Waals surface area contributed by atoms with Crippen molar-refractivity contribution in [2.75, 3.05) is 24.4 Å². The Morgan fingerprint density at radius 3 is 3.21 bits per heavy atom. The SMILES string of the molecule is COCc1csc(C2CSCCS2)n1. The van der Waals surface area contributed by atoms with E-state index in [9.17, 15) is 0 Å². The first-order valence-corrected chi connectivity index (χ1v) is 7.61. The van der Waals surface area contributed by atoms with E-state index in [1.165, 1.54) is 22.3 Å². The highest BCUT2D eigenvalue weighted by molar-refractivity contribution is 8.06. The van der Waals surface area contributed by atoms with Crippen molar-refractivity contribution in [2.45, 2.75) is 11.9 Å². The molecule has 2 rings (SSSR count). The fourth-order valence-electron chi connectivity index (χ4n) is 1.32. The molecule has 2 nitrogen and oxygen atoms in total. The van der Waals surface area contributed by atoms with E-state index >= 15 is 0 Å². The third-order valence-electron chi connectivity index (χ3n) is 1.95. The van der Waals surface area contributed by atoms with Gasteiger partial charge in [-0.3, -0.25) is 0 Å². The Morgan fingerprint density at radius 1 is 1.57 bits per heavy atom. The Balaban J connectivity index is 2.00. The molecule has 1 aromatic rings. The van der Waals surface area contributed by atoms with Crippen LogP contribution in [-0.2, 0) is 11.3 Å². The molecule has 5 heteroatoms. The Bertz CT molecular complexity index is 283. The van der Waals surface area contributed by atoms with E-state index in [1.54, 1.807) is 18.4 Å². The van der Waals surface area contributed by atoms with E-state index in [-0.39, 0.29) is 0 Å². The van der Waals surface area contributed by atoms with Crippen LogP contribution in [0.25, 0.3) is 0 Å². The molecule has 78 valence electrons. The molecule has 0 aliphatic carbocycles. The number of nitrogens with zero attached hydrogens (tertiary/aromatic N) is 1. The summed E-state index contributed by atoms with van der Waals surface area (Å²) in [5.41, 5.74) is 1.07. The lowest BCUT2D eigenvalue weighted by Gasteiger charge is -2.18. The molecular weight excluding hydrogens is 234 g/mol. The summed E-state index contributed by atoms with van der Waals surface area (Å²) in [5.74, 6) is 3.76. The van der Waals surface area contributed by atoms with Crippen LogP contribution in [0.5, 0.6) is 0 Å². The van der Waals surface area contributed by atoms with Crippen LogP contribution in [0.3, 0.4) is 0 Å². The predicted octanol–water partition coefficient (Wildman–Crippen LogP) is 2.81. The molecule has 1 saturated heterocycles. The zero-order chi connectivity index (χ0) is 9.80. The summed E-state index contributed by atoms with van der Waals surface area (Å²) in [6, 6.07) is 0. The van der Waals surface area contributed by atoms with Crippen LogP contribution < -0.4 is 0 Å². The molecule has 0 saturated carbocycles. The van der Waals surface area contributed by atoms with Gasteiger partial charge in [0.05, 0.1) is 17.6 Å². The summed E-state index contributed by atoms with van der Waals surface area (Å²) in [6.45, 7) is 0.640. The molecule has 1 unspecified atom stereocenters. The summed E-state index contributed by atoms with van der Waals surface area (Å²) < 4.78 is 5.06. The second-order valence-electron chi connectivity index (χ2n) is 3.04. The van der Waals surface area contributed by atoms with Crippen LogP contribution in [-0.4, -0.2) is 29.4 Å². The van der Waals surface area contributed by atoms with E-state index < -0.39 is 0 Å². The zero-order valence-corrected chi connectivity index (χ0v) is 10.5. The molecule has 1 aliphatic rings. The molecule has 14 heavy (non-hydrogen) atoms. The van der Waals surface area contributed by atoms with Gasteiger partial charge in [0.15, 0.2) is 0 Å². The third kappa shape index (κ3) is 2.66. The topological polar surface area (TPSA) is 22.1 Å². The van der Waals surface area contributed by atoms with Crippen molar-refractivity contribution in [3.63, 3.8) is 0 Å². The van der Waals surface area contributed by atoms with Gasteiger partial charge < -0.3 is 4.74 Å². The van der Waals surface area contributed by atoms with Crippen LogP contribution in [0.15, 0.2) is 5.38 Å². The van der Waals surface area contributed by atoms with Gasteiger partial charge in [-0.15, -0.1) is 23.1 Å². The quantitative estimate of drug-likeness (QED) is 0.819. The minimum Gasteiger partial charge on any atom is -0.378 e. The molecule has 0 radical (unpaired) electrons. The van der Waals surface area contributed by atoms with Crippen LogP contribution in [0.2, 0.25) is 0 Å². The van der Waals surface area contributed by atoms with Crippen molar-refractivity contribution in [3.8, 4) is 0 Å². The largest absolute Gasteiger partial charge is 0.378 e. The third-order valence-corrected chi connectivity index (χ3v) is 5.87. The second kappa shape index (κ2) is 5.39. The van der Waals surface area contributed by atoms with Crippen molar-refractivity contribution >= 4 is 34.9 Å². The fourth-order valence-corrected chi connectivity index (χ4v) is 5.12. The Morgan fingerprint density at radius 2 is 2.50 bits per heavy atom. The fraction of sp³-hybridized carbons (Fsp3) is 0.667. The minimum atomic E-state index is 0.615. The van der Waals surface area contributed by atoms with E-state index in [4.69, 9.17) is 4.74 Å². The first-order chi connectivity index (χ1) is 6.90. The van der Waals surface area contributed by atoms with Crippen LogP contribution >= 0.6 is 34.9 Å². The molecule has 1 atom stereocenters. The second-order valence-corrected chi connectivity index (χ2v) is 6.39. The van der Waals surface area contributed by atoms with Gasteiger partial charge in [-0.2, -0.15) is 11.8 Å². The highest BCUT2D eigenvalue weighted by Gasteiger charge is 2.19. The first kappa shape index (κ1) is 10.8. The molecule has 1 aliphatic heterocycles. The summed E-state index contributed by atoms with van der Waals surface area (Å²) in [4.78, 5) is 4.58. The summed E-state index contributed by atoms with van der Waals surface area (Å²) >= 11 is 5.84. The van der Waals surface area contributed by atoms with Crippen molar-refractivity contribution in [2.24, 2.45) is 0 Å². The van der Waals surface area contributed by atoms with E-state index in [1.807, 2.05) is 23.5 Å². The van der Waals surface area contributed by atoms with Gasteiger partial charge in [0, 0.05) is 29.7 Å². The van der Waals surface area contributed by atoms with E-state index in [0.717, 1.165) is 5.69 Å². The lowest BCUT2D eigenvalue weighted by atomic mass is 10.5. The van der Waals surface area contributed by atoms with Gasteiger partial charge in [0.25, 0.3) is 0 Å². The van der Waals surface area contributed by atoms with Gasteiger partial charge in [-0.05, 0) is 0 Å². The van der Waals surface area contributed by atoms with Crippen LogP contribution in [0.1, 0.15) is 16.0 Å². The number of thiazole rings is 1. The van der Waals surface area contributed by atoms with Gasteiger partial charge in [-0.1, -0.05) is 0 Å². The number of aromatic nitrogens is 1. The average molecular weight is 247 g/mol. The van der Waals surface area contributed by atoms with Crippen LogP contribution in [0, 0.1) is 0 Å². The smallest absolute Gasteiger partial charge is 0.107 e. The molecule has 0 aromatic carbocycles. The van der Waals surface area contributed by atoms with Gasteiger partial charge in [-0.25, -0.2) is 4.98 Å². The number of thioether (sulfide) groups is 2. The number of rotatable bonds is 3. The average Bonchev–Trinajstić information content (AvgIpc) is 2.68. The molecule has 1 aromatic heterocycles. The number of ether oxygens (including phenoxy) is 1. The van der Waals surface area contributed by atoms with Crippen LogP contribution in [0.4, 0.5) is 0 Å². The van der Waals surface area contributed by atoms with E-state index in [0.29, 0.717) is 11.9 Å². The maximum absolute atomic E-state index is 5.06. The molecule has 0 spiro atoms. The normalized spacial score (nSPS) is 22.5. The van der Waals surface area contributed by atoms with Crippen molar-refractivity contribution < 1.29 is 4.74 Å². The van der Waals surface area contributed by atoms with Crippen molar-refractivity contribution in [3.05, 3.63) is 16.1 Å². The lowest BCUT2D eigenvalue weighted by Crippen LogP contribution is -2.06. The summed E-state index contributed by atoms with van der Waals surface area (Å²) in [7, 11) is 1.71. The molecule has 2 heterocycles. The Kier molecular flexibility index (Phi) is 4.16. The van der Waals surface area contributed by atoms with Crippen molar-refractivity contribution in [1.82, 2.24) is 4.98 Å². The number of hydrogen-bond acceptors (Lipinski definition) is 5. The van der Waals surface area contributed by atoms with Gasteiger partial charge >= 0.3 is 0 Å². The molecule has 0 amide bonds. The van der Waals surface area contributed by atoms with Gasteiger partial charge in [0.1, 0.15) is 5.01 Å². The summed E-state index contributed by atoms with van der Waals surface area (Å²) in [6.07, 6.45) is 0. The zero-order valence-electron chi connectivity index (χ0n) is 8.06. The predicted molar refractivity (Wildman–Crippen MR) is 65.4 cm³/mol. The highest BCUT2D eigenvalue weighted by atomic mass is 32.2. The Hall–Kier alpha value is 0.290. The lowest BCUT2D eigenvalue weighted by molar-refractivity contribution is 0.182. The maximum atomic E-state index is 5.06. The van der Waals surface area contributed by atoms with Gasteiger partial charge in [0.2, 0.25) is 0 Å². The Labute approximate surface area is 96.8 Å². The standard InChI is InChI=1S/C9H13NOS3/c1-11-4-7-5-14-9(10-7)8-6-12-2-3-13-8/h5,8H,2-4,6H2,1H3.